The molecule has 1 aromatic rings. The maximum atomic E-state index is 11.2. The number of para-hydroxylation sites is 1. The van der Waals surface area contributed by atoms with Gasteiger partial charge in [0.1, 0.15) is 0 Å². The summed E-state index contributed by atoms with van der Waals surface area (Å²) in [6.07, 6.45) is 6.74. The molecule has 4 nitrogen and oxygen atoms in total. The van der Waals surface area contributed by atoms with Crippen LogP contribution in [0.5, 0.6) is 0 Å². The van der Waals surface area contributed by atoms with Crippen LogP contribution >= 0.6 is 0 Å². The van der Waals surface area contributed by atoms with Crippen molar-refractivity contribution in [1.29, 1.82) is 0 Å². The molecule has 0 unspecified atom stereocenters. The fourth-order valence-electron chi connectivity index (χ4n) is 5.43. The van der Waals surface area contributed by atoms with E-state index < -0.39 is 5.60 Å². The van der Waals surface area contributed by atoms with Crippen LogP contribution in [0.4, 0.5) is 5.69 Å². The fraction of sp³-hybridized carbons (Fsp3) is 0.714. The zero-order valence-electron chi connectivity index (χ0n) is 16.1. The number of aliphatic hydroxyl groups is 1. The van der Waals surface area contributed by atoms with E-state index in [2.05, 4.69) is 20.8 Å². The molecule has 0 saturated heterocycles. The number of rotatable bonds is 5. The molecule has 144 valence electrons. The van der Waals surface area contributed by atoms with Crippen molar-refractivity contribution in [3.05, 3.63) is 34.4 Å². The van der Waals surface area contributed by atoms with Crippen LogP contribution in [0.15, 0.2) is 24.3 Å². The maximum absolute atomic E-state index is 11.2. The third-order valence-corrected chi connectivity index (χ3v) is 10.1. The normalized spacial score (nSPS) is 35.5. The molecule has 5 atom stereocenters. The number of benzene rings is 1. The van der Waals surface area contributed by atoms with Crippen molar-refractivity contribution >= 4 is 25.1 Å². The second-order valence-corrected chi connectivity index (χ2v) is 11.0. The second kappa shape index (κ2) is 7.61. The van der Waals surface area contributed by atoms with Gasteiger partial charge in [0.25, 0.3) is 0 Å². The molecule has 0 heterocycles. The van der Waals surface area contributed by atoms with Crippen LogP contribution in [0.1, 0.15) is 59.3 Å². The van der Waals surface area contributed by atoms with Crippen molar-refractivity contribution in [3.63, 3.8) is 0 Å². The minimum atomic E-state index is -0.539. The average Bonchev–Trinajstić information content (AvgIpc) is 3.05. The van der Waals surface area contributed by atoms with E-state index in [1.807, 2.05) is 12.1 Å². The molecule has 2 saturated carbocycles. The number of nitrogens with zero attached hydrogens (tertiary/aromatic N) is 1. The summed E-state index contributed by atoms with van der Waals surface area (Å²) in [5.41, 5.74) is -0.190. The Morgan fingerprint density at radius 1 is 1.35 bits per heavy atom. The summed E-state index contributed by atoms with van der Waals surface area (Å²) in [7, 11) is 0. The van der Waals surface area contributed by atoms with E-state index in [1.54, 1.807) is 12.1 Å². The topological polar surface area (TPSA) is 63.4 Å². The Morgan fingerprint density at radius 2 is 2.08 bits per heavy atom. The third-order valence-electron chi connectivity index (χ3n) is 7.27. The van der Waals surface area contributed by atoms with Crippen molar-refractivity contribution in [2.24, 2.45) is 23.2 Å². The zero-order valence-corrected chi connectivity index (χ0v) is 17.8. The second-order valence-electron chi connectivity index (χ2n) is 8.74. The van der Waals surface area contributed by atoms with E-state index in [1.165, 1.54) is 12.8 Å². The van der Waals surface area contributed by atoms with Crippen molar-refractivity contribution < 1.29 is 10.0 Å². The standard InChI is InChI=1S/C21H31NO3Se/c1-15(14-26-19-9-5-4-8-18(19)22(24)25)17-10-12-21(13-17)16(2)7-6-11-20(21,3)23/h4-5,8-9,15-17,23H,6-7,10-14H2,1-3H3/t15-,16+,17-,20+,21-/m1/s1. The Hall–Kier alpha value is -0.901. The SMILES string of the molecule is C[C@H](C[Se]c1ccccc1[N+](=O)[O-])[C@@H]1CC[C@@]2(C1)[C@@H](C)CCC[C@]2(C)O. The first kappa shape index (κ1) is 19.8. The van der Waals surface area contributed by atoms with Gasteiger partial charge in [-0.05, 0) is 0 Å². The number of hydrogen-bond donors (Lipinski definition) is 1. The average molecular weight is 424 g/mol. The van der Waals surface area contributed by atoms with Crippen molar-refractivity contribution in [3.8, 4) is 0 Å². The molecule has 1 N–H and O–H groups in total. The zero-order chi connectivity index (χ0) is 18.9. The number of hydrogen-bond acceptors (Lipinski definition) is 3. The summed E-state index contributed by atoms with van der Waals surface area (Å²) in [5.74, 6) is 1.77. The fourth-order valence-corrected chi connectivity index (χ4v) is 7.91. The molecule has 5 heteroatoms. The van der Waals surface area contributed by atoms with Gasteiger partial charge in [0.2, 0.25) is 0 Å². The number of nitro benzene ring substituents is 1. The van der Waals surface area contributed by atoms with Crippen molar-refractivity contribution in [2.75, 3.05) is 0 Å². The van der Waals surface area contributed by atoms with Gasteiger partial charge in [0.05, 0.1) is 0 Å². The predicted octanol–water partition coefficient (Wildman–Crippen LogP) is 4.34. The molecule has 0 aromatic heterocycles. The summed E-state index contributed by atoms with van der Waals surface area (Å²) in [5, 5.41) is 23.4. The van der Waals surface area contributed by atoms with Crippen LogP contribution in [0.25, 0.3) is 0 Å². The van der Waals surface area contributed by atoms with Gasteiger partial charge in [-0.25, -0.2) is 0 Å². The Balaban J connectivity index is 1.65. The number of nitro groups is 1. The Labute approximate surface area is 163 Å². The summed E-state index contributed by atoms with van der Waals surface area (Å²) in [6.45, 7) is 6.70. The van der Waals surface area contributed by atoms with E-state index in [0.29, 0.717) is 17.8 Å². The van der Waals surface area contributed by atoms with Crippen LogP contribution in [0.2, 0.25) is 5.32 Å². The van der Waals surface area contributed by atoms with Crippen molar-refractivity contribution in [2.45, 2.75) is 70.2 Å². The molecule has 1 aromatic carbocycles. The molecular weight excluding hydrogens is 393 g/mol. The summed E-state index contributed by atoms with van der Waals surface area (Å²) >= 11 is 0.125. The van der Waals surface area contributed by atoms with Crippen LogP contribution in [-0.4, -0.2) is 30.6 Å². The summed E-state index contributed by atoms with van der Waals surface area (Å²) in [6, 6.07) is 7.18. The quantitative estimate of drug-likeness (QED) is 0.435. The third kappa shape index (κ3) is 3.58. The van der Waals surface area contributed by atoms with Crippen LogP contribution in [0, 0.1) is 33.3 Å². The van der Waals surface area contributed by atoms with Crippen LogP contribution in [-0.2, 0) is 0 Å². The van der Waals surface area contributed by atoms with Gasteiger partial charge in [-0.1, -0.05) is 0 Å². The van der Waals surface area contributed by atoms with E-state index in [9.17, 15) is 15.2 Å². The molecule has 26 heavy (non-hydrogen) atoms. The Bertz CT molecular complexity index is 662. The van der Waals surface area contributed by atoms with E-state index in [4.69, 9.17) is 0 Å². The van der Waals surface area contributed by atoms with Gasteiger partial charge in [-0.3, -0.25) is 0 Å². The molecule has 0 radical (unpaired) electrons. The molecule has 2 aliphatic rings. The Morgan fingerprint density at radius 3 is 2.77 bits per heavy atom. The first-order valence-electron chi connectivity index (χ1n) is 9.85. The van der Waals surface area contributed by atoms with E-state index in [0.717, 1.165) is 35.5 Å². The Kier molecular flexibility index (Phi) is 5.81. The van der Waals surface area contributed by atoms with E-state index in [-0.39, 0.29) is 31.0 Å². The van der Waals surface area contributed by atoms with Crippen LogP contribution < -0.4 is 4.46 Å². The summed E-state index contributed by atoms with van der Waals surface area (Å²) < 4.78 is 0.905. The molecular formula is C21H31NO3Se. The first-order chi connectivity index (χ1) is 12.3. The molecule has 0 aliphatic heterocycles. The molecule has 0 bridgehead atoms. The van der Waals surface area contributed by atoms with Gasteiger partial charge in [0.15, 0.2) is 0 Å². The van der Waals surface area contributed by atoms with Gasteiger partial charge >= 0.3 is 163 Å². The van der Waals surface area contributed by atoms with E-state index >= 15 is 0 Å². The molecule has 1 spiro atoms. The molecule has 0 amide bonds. The van der Waals surface area contributed by atoms with Crippen LogP contribution in [0.3, 0.4) is 0 Å². The van der Waals surface area contributed by atoms with Gasteiger partial charge < -0.3 is 0 Å². The molecule has 3 rings (SSSR count). The molecule has 2 fully saturated rings. The molecule has 2 aliphatic carbocycles. The van der Waals surface area contributed by atoms with Gasteiger partial charge in [0, 0.05) is 0 Å². The first-order valence-corrected chi connectivity index (χ1v) is 11.9. The minimum absolute atomic E-state index is 0.0793. The van der Waals surface area contributed by atoms with Crippen molar-refractivity contribution in [1.82, 2.24) is 0 Å². The van der Waals surface area contributed by atoms with Gasteiger partial charge in [-0.15, -0.1) is 0 Å². The predicted molar refractivity (Wildman–Crippen MR) is 106 cm³/mol. The summed E-state index contributed by atoms with van der Waals surface area (Å²) in [4.78, 5) is 11.0. The monoisotopic (exact) mass is 425 g/mol. The van der Waals surface area contributed by atoms with Gasteiger partial charge in [-0.2, -0.15) is 0 Å².